The van der Waals surface area contributed by atoms with E-state index in [-0.39, 0.29) is 34.9 Å². The minimum atomic E-state index is -4.82. The number of hydrogen-bond donors (Lipinski definition) is 1. The summed E-state index contributed by atoms with van der Waals surface area (Å²) in [4.78, 5) is 1.38. The van der Waals surface area contributed by atoms with Crippen molar-refractivity contribution in [2.45, 2.75) is 37.2 Å². The molecule has 0 aliphatic heterocycles. The summed E-state index contributed by atoms with van der Waals surface area (Å²) in [5.74, 6) is -2.29. The first-order chi connectivity index (χ1) is 17.4. The van der Waals surface area contributed by atoms with Crippen LogP contribution >= 0.6 is 0 Å². The molecule has 11 heteroatoms. The van der Waals surface area contributed by atoms with Crippen molar-refractivity contribution in [2.75, 3.05) is 19.4 Å². The van der Waals surface area contributed by atoms with E-state index in [0.29, 0.717) is 25.6 Å². The maximum absolute atomic E-state index is 14.6. The van der Waals surface area contributed by atoms with Crippen LogP contribution in [0.4, 0.5) is 22.0 Å². The lowest BCUT2D eigenvalue weighted by Crippen LogP contribution is -2.26. The van der Waals surface area contributed by atoms with Crippen molar-refractivity contribution in [3.63, 3.8) is 0 Å². The number of aliphatic hydroxyl groups excluding tert-OH is 1. The maximum atomic E-state index is 14.6. The molecule has 0 unspecified atom stereocenters. The van der Waals surface area contributed by atoms with E-state index >= 15 is 0 Å². The number of rotatable bonds is 11. The zero-order valence-corrected chi connectivity index (χ0v) is 20.7. The minimum Gasteiger partial charge on any atom is -0.493 e. The van der Waals surface area contributed by atoms with Gasteiger partial charge in [-0.15, -0.1) is 0 Å². The number of halogens is 5. The van der Waals surface area contributed by atoms with Gasteiger partial charge in [0.2, 0.25) is 0 Å². The molecule has 200 valence electrons. The SMILES string of the molecule is CS(=O)(=O)c1cc(OCCCN(Cc2ccccc2)Cc2cccc(C(F)(F)F)c2F)cc(F)c1CO. The Morgan fingerprint density at radius 1 is 0.973 bits per heavy atom. The third kappa shape index (κ3) is 7.73. The maximum Gasteiger partial charge on any atom is 0.419 e. The number of hydrogen-bond acceptors (Lipinski definition) is 5. The molecule has 0 atom stereocenters. The van der Waals surface area contributed by atoms with Gasteiger partial charge in [-0.25, -0.2) is 17.2 Å². The van der Waals surface area contributed by atoms with Gasteiger partial charge in [-0.3, -0.25) is 4.90 Å². The topological polar surface area (TPSA) is 66.8 Å². The van der Waals surface area contributed by atoms with E-state index in [4.69, 9.17) is 4.74 Å². The summed E-state index contributed by atoms with van der Waals surface area (Å²) in [5.41, 5.74) is -0.920. The molecule has 3 aromatic carbocycles. The molecule has 0 fully saturated rings. The average Bonchev–Trinajstić information content (AvgIpc) is 2.82. The van der Waals surface area contributed by atoms with Gasteiger partial charge in [0.25, 0.3) is 0 Å². The largest absolute Gasteiger partial charge is 0.493 e. The Labute approximate surface area is 212 Å². The molecule has 0 aliphatic rings. The van der Waals surface area contributed by atoms with Crippen LogP contribution in [-0.4, -0.2) is 37.8 Å². The van der Waals surface area contributed by atoms with Crippen LogP contribution in [0.1, 0.15) is 28.7 Å². The fourth-order valence-electron chi connectivity index (χ4n) is 3.85. The Morgan fingerprint density at radius 2 is 1.68 bits per heavy atom. The highest BCUT2D eigenvalue weighted by Gasteiger charge is 2.34. The van der Waals surface area contributed by atoms with E-state index in [1.165, 1.54) is 6.07 Å². The van der Waals surface area contributed by atoms with Crippen LogP contribution in [0.2, 0.25) is 0 Å². The number of aliphatic hydroxyl groups is 1. The van der Waals surface area contributed by atoms with Crippen LogP contribution in [-0.2, 0) is 35.7 Å². The Bertz CT molecular complexity index is 1310. The molecule has 5 nitrogen and oxygen atoms in total. The van der Waals surface area contributed by atoms with Gasteiger partial charge < -0.3 is 9.84 Å². The molecule has 0 heterocycles. The van der Waals surface area contributed by atoms with Gasteiger partial charge in [-0.05, 0) is 24.1 Å². The summed E-state index contributed by atoms with van der Waals surface area (Å²) in [7, 11) is -3.83. The number of ether oxygens (including phenoxy) is 1. The molecule has 0 spiro atoms. The lowest BCUT2D eigenvalue weighted by Gasteiger charge is -2.24. The molecule has 0 radical (unpaired) electrons. The third-order valence-corrected chi connectivity index (χ3v) is 6.76. The second-order valence-electron chi connectivity index (χ2n) is 8.49. The fourth-order valence-corrected chi connectivity index (χ4v) is 4.79. The third-order valence-electron chi connectivity index (χ3n) is 5.60. The number of benzene rings is 3. The second-order valence-corrected chi connectivity index (χ2v) is 10.5. The van der Waals surface area contributed by atoms with E-state index in [2.05, 4.69) is 0 Å². The van der Waals surface area contributed by atoms with Crippen molar-refractivity contribution in [3.05, 3.63) is 94.6 Å². The smallest absolute Gasteiger partial charge is 0.419 e. The Morgan fingerprint density at radius 3 is 2.30 bits per heavy atom. The van der Waals surface area contributed by atoms with Crippen molar-refractivity contribution in [2.24, 2.45) is 0 Å². The summed E-state index contributed by atoms with van der Waals surface area (Å²) >= 11 is 0. The van der Waals surface area contributed by atoms with E-state index in [1.807, 2.05) is 30.3 Å². The van der Waals surface area contributed by atoms with Crippen LogP contribution in [0.25, 0.3) is 0 Å². The molecule has 1 N–H and O–H groups in total. The molecular weight excluding hydrogens is 517 g/mol. The monoisotopic (exact) mass is 543 g/mol. The summed E-state index contributed by atoms with van der Waals surface area (Å²) in [6.07, 6.45) is -3.60. The zero-order chi connectivity index (χ0) is 27.2. The Hall–Kier alpha value is -3.02. The lowest BCUT2D eigenvalue weighted by molar-refractivity contribution is -0.140. The second kappa shape index (κ2) is 12.0. The van der Waals surface area contributed by atoms with Crippen LogP contribution in [0.3, 0.4) is 0 Å². The normalized spacial score (nSPS) is 12.2. The highest BCUT2D eigenvalue weighted by molar-refractivity contribution is 7.90. The van der Waals surface area contributed by atoms with Gasteiger partial charge in [0.05, 0.1) is 23.7 Å². The molecule has 0 saturated heterocycles. The zero-order valence-electron chi connectivity index (χ0n) is 19.9. The summed E-state index contributed by atoms with van der Waals surface area (Å²) < 4.78 is 97.8. The molecule has 3 aromatic rings. The molecule has 0 aliphatic carbocycles. The van der Waals surface area contributed by atoms with Crippen molar-refractivity contribution < 1.29 is 40.2 Å². The van der Waals surface area contributed by atoms with Gasteiger partial charge in [0.15, 0.2) is 9.84 Å². The lowest BCUT2D eigenvalue weighted by atomic mass is 10.1. The summed E-state index contributed by atoms with van der Waals surface area (Å²) in [5, 5.41) is 9.31. The standard InChI is InChI=1S/C26H26F5NO4S/c1-37(34,35)24-14-20(13-23(27)21(24)17-33)36-12-6-11-32(15-18-7-3-2-4-8-18)16-19-9-5-10-22(25(19)28)26(29,30)31/h2-5,7-10,13-14,33H,6,11-12,15-17H2,1H3. The first kappa shape index (κ1) is 28.5. The Balaban J connectivity index is 1.73. The van der Waals surface area contributed by atoms with Crippen molar-refractivity contribution in [1.29, 1.82) is 0 Å². The van der Waals surface area contributed by atoms with Crippen molar-refractivity contribution in [3.8, 4) is 5.75 Å². The van der Waals surface area contributed by atoms with E-state index in [1.54, 1.807) is 4.90 Å². The highest BCUT2D eigenvalue weighted by Crippen LogP contribution is 2.33. The van der Waals surface area contributed by atoms with E-state index in [0.717, 1.165) is 30.0 Å². The van der Waals surface area contributed by atoms with Crippen LogP contribution in [0, 0.1) is 11.6 Å². The molecule has 0 saturated carbocycles. The molecule has 0 amide bonds. The van der Waals surface area contributed by atoms with Gasteiger partial charge in [-0.1, -0.05) is 42.5 Å². The molecule has 0 bridgehead atoms. The molecule has 3 rings (SSSR count). The molecule has 0 aromatic heterocycles. The fraction of sp³-hybridized carbons (Fsp3) is 0.308. The predicted octanol–water partition coefficient (Wildman–Crippen LogP) is 5.35. The summed E-state index contributed by atoms with van der Waals surface area (Å²) in [6.45, 7) is -0.246. The van der Waals surface area contributed by atoms with Gasteiger partial charge in [0, 0.05) is 43.1 Å². The number of alkyl halides is 3. The first-order valence-corrected chi connectivity index (χ1v) is 13.2. The Kier molecular flexibility index (Phi) is 9.27. The average molecular weight is 544 g/mol. The van der Waals surface area contributed by atoms with Crippen LogP contribution in [0.15, 0.2) is 65.6 Å². The first-order valence-electron chi connectivity index (χ1n) is 11.3. The summed E-state index contributed by atoms with van der Waals surface area (Å²) in [6, 6.07) is 14.4. The molecule has 37 heavy (non-hydrogen) atoms. The molecular formula is C26H26F5NO4S. The number of sulfone groups is 1. The van der Waals surface area contributed by atoms with Crippen LogP contribution < -0.4 is 4.74 Å². The highest BCUT2D eigenvalue weighted by atomic mass is 32.2. The van der Waals surface area contributed by atoms with Crippen LogP contribution in [0.5, 0.6) is 5.75 Å². The van der Waals surface area contributed by atoms with Gasteiger partial charge in [-0.2, -0.15) is 13.2 Å². The minimum absolute atomic E-state index is 0.0253. The van der Waals surface area contributed by atoms with E-state index < -0.39 is 39.8 Å². The quantitative estimate of drug-likeness (QED) is 0.261. The predicted molar refractivity (Wildman–Crippen MR) is 128 cm³/mol. The van der Waals surface area contributed by atoms with Crippen molar-refractivity contribution in [1.82, 2.24) is 4.90 Å². The van der Waals surface area contributed by atoms with Gasteiger partial charge in [0.1, 0.15) is 17.4 Å². The van der Waals surface area contributed by atoms with Gasteiger partial charge >= 0.3 is 6.18 Å². The number of nitrogens with zero attached hydrogens (tertiary/aromatic N) is 1. The van der Waals surface area contributed by atoms with E-state index in [9.17, 15) is 35.5 Å². The van der Waals surface area contributed by atoms with Crippen molar-refractivity contribution >= 4 is 9.84 Å².